The topological polar surface area (TPSA) is 99.1 Å². The van der Waals surface area contributed by atoms with E-state index in [0.717, 1.165) is 16.7 Å². The molecule has 0 radical (unpaired) electrons. The average Bonchev–Trinajstić information content (AvgIpc) is 2.90. The molecule has 0 aliphatic heterocycles. The van der Waals surface area contributed by atoms with Crippen molar-refractivity contribution < 1.29 is 33.7 Å². The quantitative estimate of drug-likeness (QED) is 0.317. The van der Waals surface area contributed by atoms with Crippen molar-refractivity contribution in [3.63, 3.8) is 0 Å². The Labute approximate surface area is 210 Å². The van der Waals surface area contributed by atoms with Crippen LogP contribution in [0.1, 0.15) is 44.3 Å². The van der Waals surface area contributed by atoms with E-state index in [1.165, 1.54) is 6.92 Å². The SMILES string of the molecule is Cc1ccc(C(=O)OC[C@@H](OC(=O)c2ccc(C)cc2)[C@@H](O)[C@](C)(C=O)OCc2ccccc2)cc1. The first-order chi connectivity index (χ1) is 17.2. The second kappa shape index (κ2) is 12.2. The van der Waals surface area contributed by atoms with Gasteiger partial charge in [-0.05, 0) is 50.6 Å². The summed E-state index contributed by atoms with van der Waals surface area (Å²) in [5, 5.41) is 11.1. The highest BCUT2D eigenvalue weighted by molar-refractivity contribution is 5.90. The monoisotopic (exact) mass is 490 g/mol. The van der Waals surface area contributed by atoms with Crippen LogP contribution in [0.25, 0.3) is 0 Å². The van der Waals surface area contributed by atoms with E-state index in [2.05, 4.69) is 0 Å². The Bertz CT molecular complexity index is 1160. The summed E-state index contributed by atoms with van der Waals surface area (Å²) < 4.78 is 16.7. The number of aldehydes is 1. The van der Waals surface area contributed by atoms with E-state index in [4.69, 9.17) is 14.2 Å². The normalized spacial score (nSPS) is 14.2. The number of esters is 2. The third-order valence-electron chi connectivity index (χ3n) is 5.78. The van der Waals surface area contributed by atoms with Crippen molar-refractivity contribution in [1.82, 2.24) is 0 Å². The van der Waals surface area contributed by atoms with Crippen LogP contribution in [0, 0.1) is 13.8 Å². The van der Waals surface area contributed by atoms with Gasteiger partial charge in [-0.2, -0.15) is 0 Å². The number of aliphatic hydroxyl groups excluding tert-OH is 1. The Morgan fingerprint density at radius 1 is 0.861 bits per heavy atom. The highest BCUT2D eigenvalue weighted by Gasteiger charge is 2.42. The van der Waals surface area contributed by atoms with Crippen molar-refractivity contribution in [2.75, 3.05) is 6.61 Å². The van der Waals surface area contributed by atoms with Crippen molar-refractivity contribution in [3.05, 3.63) is 107 Å². The van der Waals surface area contributed by atoms with Gasteiger partial charge < -0.3 is 24.1 Å². The van der Waals surface area contributed by atoms with E-state index in [0.29, 0.717) is 11.8 Å². The van der Waals surface area contributed by atoms with Gasteiger partial charge in [0.05, 0.1) is 17.7 Å². The first-order valence-corrected chi connectivity index (χ1v) is 11.6. The number of carbonyl (C=O) groups is 3. The van der Waals surface area contributed by atoms with Gasteiger partial charge in [0.15, 0.2) is 18.0 Å². The minimum atomic E-state index is -1.75. The summed E-state index contributed by atoms with van der Waals surface area (Å²) >= 11 is 0. The summed E-state index contributed by atoms with van der Waals surface area (Å²) in [5.41, 5.74) is 1.53. The Hall–Kier alpha value is -3.81. The van der Waals surface area contributed by atoms with Crippen LogP contribution in [-0.2, 0) is 25.6 Å². The van der Waals surface area contributed by atoms with E-state index >= 15 is 0 Å². The number of rotatable bonds is 11. The first-order valence-electron chi connectivity index (χ1n) is 11.6. The van der Waals surface area contributed by atoms with Crippen molar-refractivity contribution in [2.24, 2.45) is 0 Å². The highest BCUT2D eigenvalue weighted by Crippen LogP contribution is 2.22. The molecule has 0 aliphatic carbocycles. The van der Waals surface area contributed by atoms with Gasteiger partial charge in [0.2, 0.25) is 0 Å². The minimum absolute atomic E-state index is 0.0366. The zero-order valence-electron chi connectivity index (χ0n) is 20.5. The molecule has 36 heavy (non-hydrogen) atoms. The lowest BCUT2D eigenvalue weighted by Gasteiger charge is -2.34. The Kier molecular flexibility index (Phi) is 9.11. The van der Waals surface area contributed by atoms with Crippen LogP contribution in [-0.4, -0.2) is 47.7 Å². The third kappa shape index (κ3) is 7.10. The number of hydrogen-bond donors (Lipinski definition) is 1. The maximum Gasteiger partial charge on any atom is 0.338 e. The zero-order valence-corrected chi connectivity index (χ0v) is 20.5. The Morgan fingerprint density at radius 3 is 1.92 bits per heavy atom. The lowest BCUT2D eigenvalue weighted by atomic mass is 9.95. The summed E-state index contributed by atoms with van der Waals surface area (Å²) in [6, 6.07) is 22.5. The fourth-order valence-electron chi connectivity index (χ4n) is 3.39. The van der Waals surface area contributed by atoms with Gasteiger partial charge in [-0.25, -0.2) is 9.59 Å². The van der Waals surface area contributed by atoms with Crippen LogP contribution >= 0.6 is 0 Å². The molecular formula is C29H30O7. The zero-order chi connectivity index (χ0) is 26.1. The smallest absolute Gasteiger partial charge is 0.338 e. The number of hydrogen-bond acceptors (Lipinski definition) is 7. The number of carbonyl (C=O) groups excluding carboxylic acids is 3. The lowest BCUT2D eigenvalue weighted by Crippen LogP contribution is -2.53. The van der Waals surface area contributed by atoms with Crippen molar-refractivity contribution in [2.45, 2.75) is 45.2 Å². The molecule has 0 unspecified atom stereocenters. The van der Waals surface area contributed by atoms with Crippen molar-refractivity contribution >= 4 is 18.2 Å². The van der Waals surface area contributed by atoms with Crippen LogP contribution in [0.2, 0.25) is 0 Å². The molecule has 0 bridgehead atoms. The summed E-state index contributed by atoms with van der Waals surface area (Å²) in [5.74, 6) is -1.39. The molecule has 3 aromatic rings. The number of ether oxygens (including phenoxy) is 3. The molecule has 3 rings (SSSR count). The number of aryl methyl sites for hydroxylation is 2. The van der Waals surface area contributed by atoms with Crippen LogP contribution < -0.4 is 0 Å². The Morgan fingerprint density at radius 2 is 1.39 bits per heavy atom. The van der Waals surface area contributed by atoms with Gasteiger partial charge >= 0.3 is 11.9 Å². The molecule has 0 saturated carbocycles. The molecule has 0 aliphatic rings. The predicted molar refractivity (Wildman–Crippen MR) is 134 cm³/mol. The second-order valence-electron chi connectivity index (χ2n) is 8.80. The van der Waals surface area contributed by atoms with Crippen LogP contribution in [0.4, 0.5) is 0 Å². The molecule has 0 amide bonds. The average molecular weight is 491 g/mol. The maximum atomic E-state index is 12.8. The van der Waals surface area contributed by atoms with E-state index in [1.807, 2.05) is 44.2 Å². The van der Waals surface area contributed by atoms with Crippen molar-refractivity contribution in [3.8, 4) is 0 Å². The van der Waals surface area contributed by atoms with Gasteiger partial charge in [0.25, 0.3) is 0 Å². The van der Waals surface area contributed by atoms with Gasteiger partial charge in [-0.1, -0.05) is 65.7 Å². The molecule has 1 N–H and O–H groups in total. The molecule has 188 valence electrons. The third-order valence-corrected chi connectivity index (χ3v) is 5.78. The van der Waals surface area contributed by atoms with Crippen LogP contribution in [0.15, 0.2) is 78.9 Å². The molecule has 0 fully saturated rings. The highest BCUT2D eigenvalue weighted by atomic mass is 16.6. The second-order valence-corrected chi connectivity index (χ2v) is 8.80. The van der Waals surface area contributed by atoms with E-state index < -0.39 is 36.4 Å². The summed E-state index contributed by atoms with van der Waals surface area (Å²) in [6.07, 6.45) is -2.55. The largest absolute Gasteiger partial charge is 0.458 e. The van der Waals surface area contributed by atoms with Gasteiger partial charge in [0.1, 0.15) is 12.7 Å². The van der Waals surface area contributed by atoms with Gasteiger partial charge in [0, 0.05) is 0 Å². The lowest BCUT2D eigenvalue weighted by molar-refractivity contribution is -0.169. The minimum Gasteiger partial charge on any atom is -0.458 e. The molecule has 7 heteroatoms. The van der Waals surface area contributed by atoms with E-state index in [9.17, 15) is 19.5 Å². The number of aliphatic hydroxyl groups is 1. The van der Waals surface area contributed by atoms with Crippen LogP contribution in [0.5, 0.6) is 0 Å². The molecule has 0 heterocycles. The summed E-state index contributed by atoms with van der Waals surface area (Å²) in [7, 11) is 0. The molecule has 7 nitrogen and oxygen atoms in total. The van der Waals surface area contributed by atoms with Gasteiger partial charge in [-0.15, -0.1) is 0 Å². The van der Waals surface area contributed by atoms with Gasteiger partial charge in [-0.3, -0.25) is 0 Å². The standard InChI is InChI=1S/C29H30O7/c1-20-9-13-23(14-10-20)27(32)34-18-25(36-28(33)24-15-11-21(2)12-16-24)26(31)29(3,19-30)35-17-22-7-5-4-6-8-22/h4-16,19,25-26,31H,17-18H2,1-3H3/t25-,26-,29+/m1/s1. The molecular weight excluding hydrogens is 460 g/mol. The molecule has 0 spiro atoms. The summed E-state index contributed by atoms with van der Waals surface area (Å²) in [6.45, 7) is 4.72. The van der Waals surface area contributed by atoms with Crippen molar-refractivity contribution in [1.29, 1.82) is 0 Å². The Balaban J connectivity index is 1.78. The van der Waals surface area contributed by atoms with E-state index in [1.54, 1.807) is 48.5 Å². The summed E-state index contributed by atoms with van der Waals surface area (Å²) in [4.78, 5) is 37.4. The fraction of sp³-hybridized carbons (Fsp3) is 0.276. The molecule has 3 atom stereocenters. The molecule has 3 aromatic carbocycles. The fourth-order valence-corrected chi connectivity index (χ4v) is 3.39. The number of benzene rings is 3. The predicted octanol–water partition coefficient (Wildman–Crippen LogP) is 4.22. The molecule has 0 aromatic heterocycles. The molecule has 0 saturated heterocycles. The van der Waals surface area contributed by atoms with E-state index in [-0.39, 0.29) is 12.2 Å². The van der Waals surface area contributed by atoms with Crippen LogP contribution in [0.3, 0.4) is 0 Å². The maximum absolute atomic E-state index is 12.8. The first kappa shape index (κ1) is 26.8.